The predicted octanol–water partition coefficient (Wildman–Crippen LogP) is 1.92. The number of hydrogen-bond donors (Lipinski definition) is 1. The molecule has 7 nitrogen and oxygen atoms in total. The van der Waals surface area contributed by atoms with Crippen LogP contribution in [0.15, 0.2) is 29.5 Å². The second-order valence-corrected chi connectivity index (χ2v) is 6.18. The Labute approximate surface area is 172 Å². The molecule has 0 amide bonds. The number of guanidine groups is 1. The van der Waals surface area contributed by atoms with Crippen molar-refractivity contribution in [2.24, 2.45) is 4.99 Å². The molecule has 0 saturated carbocycles. The number of rotatable bonds is 6. The van der Waals surface area contributed by atoms with Gasteiger partial charge in [-0.05, 0) is 31.9 Å². The van der Waals surface area contributed by atoms with Crippen molar-refractivity contribution in [2.75, 3.05) is 46.0 Å². The fraction of sp³-hybridized carbons (Fsp3) is 0.667. The van der Waals surface area contributed by atoms with Crippen molar-refractivity contribution < 1.29 is 14.2 Å². The second kappa shape index (κ2) is 11.6. The Hall–Kier alpha value is -1.13. The summed E-state index contributed by atoms with van der Waals surface area (Å²) in [5, 5.41) is 3.37. The summed E-state index contributed by atoms with van der Waals surface area (Å²) in [4.78, 5) is 11.0. The molecule has 3 rings (SSSR count). The van der Waals surface area contributed by atoms with Crippen LogP contribution in [0.4, 0.5) is 0 Å². The van der Waals surface area contributed by atoms with Crippen molar-refractivity contribution >= 4 is 29.9 Å². The number of pyridine rings is 1. The fourth-order valence-corrected chi connectivity index (χ4v) is 3.16. The van der Waals surface area contributed by atoms with E-state index in [1.807, 2.05) is 12.1 Å². The molecule has 26 heavy (non-hydrogen) atoms. The number of nitrogens with zero attached hydrogens (tertiary/aromatic N) is 3. The lowest BCUT2D eigenvalue weighted by Crippen LogP contribution is -2.53. The number of hydrogen-bond acceptors (Lipinski definition) is 5. The van der Waals surface area contributed by atoms with Crippen LogP contribution in [0.3, 0.4) is 0 Å². The first kappa shape index (κ1) is 21.2. The summed E-state index contributed by atoms with van der Waals surface area (Å²) < 4.78 is 17.4. The third-order valence-electron chi connectivity index (χ3n) is 4.36. The molecule has 2 aliphatic heterocycles. The van der Waals surface area contributed by atoms with Crippen LogP contribution >= 0.6 is 24.0 Å². The van der Waals surface area contributed by atoms with Gasteiger partial charge in [-0.2, -0.15) is 0 Å². The third-order valence-corrected chi connectivity index (χ3v) is 4.36. The van der Waals surface area contributed by atoms with Gasteiger partial charge in [0.15, 0.2) is 5.96 Å². The average Bonchev–Trinajstić information content (AvgIpc) is 3.20. The van der Waals surface area contributed by atoms with Gasteiger partial charge in [0.1, 0.15) is 18.5 Å². The molecule has 8 heteroatoms. The monoisotopic (exact) mass is 476 g/mol. The molecule has 0 aromatic carbocycles. The number of ether oxygens (including phenoxy) is 3. The van der Waals surface area contributed by atoms with Crippen LogP contribution in [0.2, 0.25) is 0 Å². The molecule has 1 aromatic heterocycles. The van der Waals surface area contributed by atoms with Crippen molar-refractivity contribution in [1.29, 1.82) is 0 Å². The Bertz CT molecular complexity index is 540. The molecule has 1 N–H and O–H groups in total. The Morgan fingerprint density at radius 1 is 1.38 bits per heavy atom. The van der Waals surface area contributed by atoms with Gasteiger partial charge in [0.2, 0.25) is 0 Å². The summed E-state index contributed by atoms with van der Waals surface area (Å²) in [6.45, 7) is 7.27. The van der Waals surface area contributed by atoms with E-state index in [4.69, 9.17) is 19.2 Å². The summed E-state index contributed by atoms with van der Waals surface area (Å²) >= 11 is 0. The summed E-state index contributed by atoms with van der Waals surface area (Å²) in [6.07, 6.45) is 6.02. The van der Waals surface area contributed by atoms with E-state index >= 15 is 0 Å². The first-order valence-corrected chi connectivity index (χ1v) is 9.16. The molecular formula is C18H29IN4O3. The minimum atomic E-state index is 0. The summed E-state index contributed by atoms with van der Waals surface area (Å²) in [6, 6.07) is 3.76. The molecule has 146 valence electrons. The standard InChI is InChI=1S/C18H28N4O3.HI/c1-2-20-18(21-8-11-23-15-5-3-7-19-13-15)22-9-12-25-17(14-22)16-6-4-10-24-16;/h3,5,7,13,16-17H,2,4,6,8-12,14H2,1H3,(H,20,21);1H. The van der Waals surface area contributed by atoms with Gasteiger partial charge in [-0.15, -0.1) is 24.0 Å². The van der Waals surface area contributed by atoms with E-state index in [-0.39, 0.29) is 36.2 Å². The Kier molecular flexibility index (Phi) is 9.41. The van der Waals surface area contributed by atoms with Gasteiger partial charge in [-0.25, -0.2) is 4.99 Å². The number of aliphatic imine (C=N–C) groups is 1. The SMILES string of the molecule is CCNC(=NCCOc1cccnc1)N1CCOC(C2CCCO2)C1.I. The summed E-state index contributed by atoms with van der Waals surface area (Å²) in [5.74, 6) is 1.69. The maximum atomic E-state index is 5.92. The van der Waals surface area contributed by atoms with E-state index in [0.29, 0.717) is 19.8 Å². The summed E-state index contributed by atoms with van der Waals surface area (Å²) in [7, 11) is 0. The largest absolute Gasteiger partial charge is 0.490 e. The Balaban J connectivity index is 0.00000243. The highest BCUT2D eigenvalue weighted by atomic mass is 127. The number of aromatic nitrogens is 1. The van der Waals surface area contributed by atoms with E-state index in [1.54, 1.807) is 12.4 Å². The molecule has 2 fully saturated rings. The normalized spacial score (nSPS) is 23.4. The van der Waals surface area contributed by atoms with Gasteiger partial charge in [0.05, 0.1) is 25.5 Å². The van der Waals surface area contributed by atoms with Gasteiger partial charge < -0.3 is 24.4 Å². The lowest BCUT2D eigenvalue weighted by molar-refractivity contribution is -0.0817. The van der Waals surface area contributed by atoms with Crippen molar-refractivity contribution in [3.63, 3.8) is 0 Å². The van der Waals surface area contributed by atoms with E-state index in [0.717, 1.165) is 50.8 Å². The highest BCUT2D eigenvalue weighted by Gasteiger charge is 2.32. The van der Waals surface area contributed by atoms with Gasteiger partial charge >= 0.3 is 0 Å². The topological polar surface area (TPSA) is 68.2 Å². The van der Waals surface area contributed by atoms with E-state index in [9.17, 15) is 0 Å². The van der Waals surface area contributed by atoms with Crippen molar-refractivity contribution in [1.82, 2.24) is 15.2 Å². The average molecular weight is 476 g/mol. The van der Waals surface area contributed by atoms with Crippen molar-refractivity contribution in [3.8, 4) is 5.75 Å². The quantitative estimate of drug-likeness (QED) is 0.293. The number of morpholine rings is 1. The molecule has 3 heterocycles. The van der Waals surface area contributed by atoms with Crippen LogP contribution in [-0.2, 0) is 9.47 Å². The van der Waals surface area contributed by atoms with Crippen molar-refractivity contribution in [3.05, 3.63) is 24.5 Å². The second-order valence-electron chi connectivity index (χ2n) is 6.18. The molecule has 2 atom stereocenters. The third kappa shape index (κ3) is 6.24. The number of nitrogens with one attached hydrogen (secondary N) is 1. The van der Waals surface area contributed by atoms with E-state index < -0.39 is 0 Å². The lowest BCUT2D eigenvalue weighted by atomic mass is 10.1. The zero-order valence-corrected chi connectivity index (χ0v) is 17.6. The minimum Gasteiger partial charge on any atom is -0.490 e. The smallest absolute Gasteiger partial charge is 0.194 e. The summed E-state index contributed by atoms with van der Waals surface area (Å²) in [5.41, 5.74) is 0. The Morgan fingerprint density at radius 3 is 3.00 bits per heavy atom. The van der Waals surface area contributed by atoms with Crippen molar-refractivity contribution in [2.45, 2.75) is 32.0 Å². The van der Waals surface area contributed by atoms with Gasteiger partial charge in [0, 0.05) is 32.4 Å². The molecular weight excluding hydrogens is 447 g/mol. The van der Waals surface area contributed by atoms with Crippen LogP contribution in [0.25, 0.3) is 0 Å². The maximum Gasteiger partial charge on any atom is 0.194 e. The van der Waals surface area contributed by atoms with Crippen LogP contribution in [-0.4, -0.2) is 74.1 Å². The lowest BCUT2D eigenvalue weighted by Gasteiger charge is -2.37. The molecule has 0 aliphatic carbocycles. The van der Waals surface area contributed by atoms with Crippen LogP contribution in [0.5, 0.6) is 5.75 Å². The van der Waals surface area contributed by atoms with Crippen LogP contribution < -0.4 is 10.1 Å². The van der Waals surface area contributed by atoms with E-state index in [2.05, 4.69) is 22.1 Å². The predicted molar refractivity (Wildman–Crippen MR) is 111 cm³/mol. The molecule has 1 aromatic rings. The molecule has 0 radical (unpaired) electrons. The molecule has 2 unspecified atom stereocenters. The van der Waals surface area contributed by atoms with Gasteiger partial charge in [0.25, 0.3) is 0 Å². The molecule has 2 aliphatic rings. The highest BCUT2D eigenvalue weighted by Crippen LogP contribution is 2.21. The first-order chi connectivity index (χ1) is 12.4. The number of halogens is 1. The maximum absolute atomic E-state index is 5.92. The van der Waals surface area contributed by atoms with E-state index in [1.165, 1.54) is 0 Å². The minimum absolute atomic E-state index is 0. The zero-order chi connectivity index (χ0) is 17.3. The van der Waals surface area contributed by atoms with Gasteiger partial charge in [-0.1, -0.05) is 0 Å². The van der Waals surface area contributed by atoms with Crippen LogP contribution in [0, 0.1) is 0 Å². The first-order valence-electron chi connectivity index (χ1n) is 9.16. The fourth-order valence-electron chi connectivity index (χ4n) is 3.16. The van der Waals surface area contributed by atoms with Crippen LogP contribution in [0.1, 0.15) is 19.8 Å². The highest BCUT2D eigenvalue weighted by molar-refractivity contribution is 14.0. The van der Waals surface area contributed by atoms with Gasteiger partial charge in [-0.3, -0.25) is 4.98 Å². The molecule has 2 saturated heterocycles. The zero-order valence-electron chi connectivity index (χ0n) is 15.3. The molecule has 0 spiro atoms. The molecule has 0 bridgehead atoms. The Morgan fingerprint density at radius 2 is 2.27 bits per heavy atom.